The molecule has 0 radical (unpaired) electrons. The molecule has 170 valence electrons. The van der Waals surface area contributed by atoms with Crippen LogP contribution >= 0.6 is 11.3 Å². The number of carbonyl (C=O) groups is 1. The summed E-state index contributed by atoms with van der Waals surface area (Å²) in [6.45, 7) is 2.52. The van der Waals surface area contributed by atoms with E-state index in [0.29, 0.717) is 18.4 Å². The van der Waals surface area contributed by atoms with Crippen molar-refractivity contribution in [2.75, 3.05) is 13.1 Å². The van der Waals surface area contributed by atoms with Gasteiger partial charge >= 0.3 is 0 Å². The number of hydrogen-bond donors (Lipinski definition) is 3. The second-order valence-corrected chi connectivity index (χ2v) is 9.84. The van der Waals surface area contributed by atoms with Crippen LogP contribution in [-0.4, -0.2) is 32.3 Å². The molecule has 3 aromatic rings. The zero-order valence-electron chi connectivity index (χ0n) is 18.0. The standard InChI is InChI=1S/C23H28N4O3S2/c1-17-8-7-11-19(14-17)23-27-21(16-31-23)20(12-5-6-13-26-32(24,29)30)25-15-22(28)18-9-3-2-4-10-18/h2-4,7-11,14,16,20,25-26H,5-6,12-13,15H2,1H3,(H2,24,29,30). The van der Waals surface area contributed by atoms with Crippen molar-refractivity contribution in [3.63, 3.8) is 0 Å². The van der Waals surface area contributed by atoms with Gasteiger partial charge in [0.1, 0.15) is 5.01 Å². The highest BCUT2D eigenvalue weighted by molar-refractivity contribution is 7.87. The number of benzene rings is 2. The lowest BCUT2D eigenvalue weighted by molar-refractivity contribution is 0.0986. The fourth-order valence-electron chi connectivity index (χ4n) is 3.34. The monoisotopic (exact) mass is 472 g/mol. The fraction of sp³-hybridized carbons (Fsp3) is 0.304. The van der Waals surface area contributed by atoms with E-state index in [4.69, 9.17) is 10.1 Å². The van der Waals surface area contributed by atoms with Crippen LogP contribution in [0.25, 0.3) is 10.6 Å². The van der Waals surface area contributed by atoms with Crippen molar-refractivity contribution in [1.29, 1.82) is 0 Å². The summed E-state index contributed by atoms with van der Waals surface area (Å²) in [4.78, 5) is 17.4. The maximum Gasteiger partial charge on any atom is 0.274 e. The molecule has 9 heteroatoms. The Morgan fingerprint density at radius 3 is 2.62 bits per heavy atom. The molecule has 1 unspecified atom stereocenters. The van der Waals surface area contributed by atoms with Gasteiger partial charge in [-0.3, -0.25) is 4.79 Å². The van der Waals surface area contributed by atoms with Gasteiger partial charge in [0.05, 0.1) is 18.3 Å². The quantitative estimate of drug-likeness (QED) is 0.275. The summed E-state index contributed by atoms with van der Waals surface area (Å²) >= 11 is 1.57. The summed E-state index contributed by atoms with van der Waals surface area (Å²) in [5, 5.41) is 11.3. The third-order valence-electron chi connectivity index (χ3n) is 4.97. The summed E-state index contributed by atoms with van der Waals surface area (Å²) < 4.78 is 24.4. The molecule has 4 N–H and O–H groups in total. The molecule has 32 heavy (non-hydrogen) atoms. The van der Waals surface area contributed by atoms with E-state index in [9.17, 15) is 13.2 Å². The third-order valence-corrected chi connectivity index (χ3v) is 6.49. The Labute approximate surface area is 193 Å². The second kappa shape index (κ2) is 11.4. The lowest BCUT2D eigenvalue weighted by Crippen LogP contribution is -2.31. The molecule has 0 aliphatic carbocycles. The van der Waals surface area contributed by atoms with E-state index in [0.717, 1.165) is 22.7 Å². The minimum atomic E-state index is -3.68. The number of nitrogens with two attached hydrogens (primary N) is 1. The molecule has 0 aliphatic heterocycles. The summed E-state index contributed by atoms with van der Waals surface area (Å²) in [7, 11) is -3.68. The summed E-state index contributed by atoms with van der Waals surface area (Å²) in [5.41, 5.74) is 3.78. The average molecular weight is 473 g/mol. The Hall–Kier alpha value is -2.43. The van der Waals surface area contributed by atoms with Gasteiger partial charge in [-0.15, -0.1) is 11.3 Å². The van der Waals surface area contributed by atoms with Crippen LogP contribution in [-0.2, 0) is 10.2 Å². The first-order chi connectivity index (χ1) is 15.3. The van der Waals surface area contributed by atoms with Gasteiger partial charge in [0.25, 0.3) is 10.2 Å². The SMILES string of the molecule is Cc1cccc(-c2nc(C(CCCCNS(N)(=O)=O)NCC(=O)c3ccccc3)cs2)c1. The zero-order valence-corrected chi connectivity index (χ0v) is 19.6. The van der Waals surface area contributed by atoms with Crippen molar-refractivity contribution in [2.24, 2.45) is 5.14 Å². The minimum Gasteiger partial charge on any atom is -0.301 e. The number of carbonyl (C=O) groups excluding carboxylic acids is 1. The first kappa shape index (κ1) is 24.2. The predicted molar refractivity (Wildman–Crippen MR) is 129 cm³/mol. The van der Waals surface area contributed by atoms with E-state index in [2.05, 4.69) is 16.1 Å². The molecular weight excluding hydrogens is 444 g/mol. The average Bonchev–Trinajstić information content (AvgIpc) is 3.25. The lowest BCUT2D eigenvalue weighted by atomic mass is 10.1. The van der Waals surface area contributed by atoms with Gasteiger partial charge in [0.15, 0.2) is 5.78 Å². The Morgan fingerprint density at radius 2 is 1.91 bits per heavy atom. The number of ketones is 1. The molecule has 0 aliphatic rings. The Balaban J connectivity index is 1.67. The largest absolute Gasteiger partial charge is 0.301 e. The Bertz CT molecular complexity index is 1130. The maximum atomic E-state index is 12.6. The normalized spacial score (nSPS) is 12.6. The molecule has 1 aromatic heterocycles. The Kier molecular flexibility index (Phi) is 8.66. The summed E-state index contributed by atoms with van der Waals surface area (Å²) in [5.74, 6) is 0.0145. The highest BCUT2D eigenvalue weighted by Gasteiger charge is 2.17. The molecule has 3 rings (SSSR count). The first-order valence-electron chi connectivity index (χ1n) is 10.4. The third kappa shape index (κ3) is 7.61. The summed E-state index contributed by atoms with van der Waals surface area (Å²) in [6, 6.07) is 17.3. The van der Waals surface area contributed by atoms with Gasteiger partial charge in [0.2, 0.25) is 0 Å². The molecule has 1 heterocycles. The number of nitrogens with one attached hydrogen (secondary N) is 2. The van der Waals surface area contributed by atoms with Crippen molar-refractivity contribution in [3.05, 3.63) is 76.8 Å². The van der Waals surface area contributed by atoms with Gasteiger partial charge in [-0.25, -0.2) is 14.8 Å². The predicted octanol–water partition coefficient (Wildman–Crippen LogP) is 3.60. The lowest BCUT2D eigenvalue weighted by Gasteiger charge is -2.17. The number of hydrogen-bond acceptors (Lipinski definition) is 6. The number of aromatic nitrogens is 1. The van der Waals surface area contributed by atoms with Gasteiger partial charge in [-0.2, -0.15) is 8.42 Å². The molecule has 0 saturated heterocycles. The number of Topliss-reactive ketones (excluding diaryl/α,β-unsaturated/α-hetero) is 1. The van der Waals surface area contributed by atoms with Crippen molar-refractivity contribution in [1.82, 2.24) is 15.0 Å². The molecule has 0 fully saturated rings. The van der Waals surface area contributed by atoms with Crippen molar-refractivity contribution >= 4 is 27.3 Å². The molecule has 0 spiro atoms. The molecule has 0 bridgehead atoms. The number of nitrogens with zero attached hydrogens (tertiary/aromatic N) is 1. The topological polar surface area (TPSA) is 114 Å². The van der Waals surface area contributed by atoms with Crippen molar-refractivity contribution in [3.8, 4) is 10.6 Å². The smallest absolute Gasteiger partial charge is 0.274 e. The van der Waals surface area contributed by atoms with Crippen LogP contribution < -0.4 is 15.2 Å². The zero-order chi connectivity index (χ0) is 23.0. The van der Waals surface area contributed by atoms with E-state index >= 15 is 0 Å². The number of rotatable bonds is 12. The van der Waals surface area contributed by atoms with E-state index in [1.807, 2.05) is 48.7 Å². The van der Waals surface area contributed by atoms with E-state index in [1.54, 1.807) is 23.5 Å². The molecule has 2 aromatic carbocycles. The van der Waals surface area contributed by atoms with Crippen LogP contribution in [0.15, 0.2) is 60.0 Å². The molecule has 1 atom stereocenters. The van der Waals surface area contributed by atoms with Gasteiger partial charge in [-0.1, -0.05) is 60.5 Å². The van der Waals surface area contributed by atoms with Crippen LogP contribution in [0.1, 0.15) is 46.9 Å². The number of unbranched alkanes of at least 4 members (excludes halogenated alkanes) is 1. The van der Waals surface area contributed by atoms with Crippen LogP contribution in [0, 0.1) is 6.92 Å². The van der Waals surface area contributed by atoms with Crippen molar-refractivity contribution in [2.45, 2.75) is 32.2 Å². The molecule has 7 nitrogen and oxygen atoms in total. The van der Waals surface area contributed by atoms with Crippen LogP contribution in [0.2, 0.25) is 0 Å². The molecular formula is C23H28N4O3S2. The van der Waals surface area contributed by atoms with Gasteiger partial charge < -0.3 is 5.32 Å². The van der Waals surface area contributed by atoms with E-state index < -0.39 is 10.2 Å². The van der Waals surface area contributed by atoms with Crippen LogP contribution in [0.5, 0.6) is 0 Å². The van der Waals surface area contributed by atoms with Crippen LogP contribution in [0.3, 0.4) is 0 Å². The van der Waals surface area contributed by atoms with Gasteiger partial charge in [-0.05, 0) is 25.8 Å². The van der Waals surface area contributed by atoms with Gasteiger partial charge in [0, 0.05) is 23.1 Å². The number of aryl methyl sites for hydroxylation is 1. The van der Waals surface area contributed by atoms with E-state index in [1.165, 1.54) is 5.56 Å². The Morgan fingerprint density at radius 1 is 1.12 bits per heavy atom. The van der Waals surface area contributed by atoms with Crippen molar-refractivity contribution < 1.29 is 13.2 Å². The summed E-state index contributed by atoms with van der Waals surface area (Å²) in [6.07, 6.45) is 2.10. The highest BCUT2D eigenvalue weighted by atomic mass is 32.2. The molecule has 0 amide bonds. The second-order valence-electron chi connectivity index (χ2n) is 7.60. The first-order valence-corrected chi connectivity index (χ1v) is 12.9. The van der Waals surface area contributed by atoms with E-state index in [-0.39, 0.29) is 24.9 Å². The fourth-order valence-corrected chi connectivity index (χ4v) is 4.64. The minimum absolute atomic E-state index is 0.0145. The number of thiazole rings is 1. The highest BCUT2D eigenvalue weighted by Crippen LogP contribution is 2.28. The molecule has 0 saturated carbocycles. The maximum absolute atomic E-state index is 12.6. The van der Waals surface area contributed by atoms with Crippen LogP contribution in [0.4, 0.5) is 0 Å².